The van der Waals surface area contributed by atoms with E-state index in [1.165, 1.54) is 17.4 Å². The van der Waals surface area contributed by atoms with Crippen LogP contribution in [0.4, 0.5) is 4.39 Å². The maximum atomic E-state index is 15.2. The molecule has 0 saturated heterocycles. The Bertz CT molecular complexity index is 998. The van der Waals surface area contributed by atoms with Gasteiger partial charge in [0.1, 0.15) is 11.6 Å². The van der Waals surface area contributed by atoms with Crippen molar-refractivity contribution in [3.63, 3.8) is 0 Å². The third kappa shape index (κ3) is 8.97. The number of aliphatic hydroxyl groups excluding tert-OH is 2. The number of hydrogen-bond acceptors (Lipinski definition) is 7. The lowest BCUT2D eigenvalue weighted by Gasteiger charge is -2.36. The first-order valence-corrected chi connectivity index (χ1v) is 13.9. The van der Waals surface area contributed by atoms with E-state index in [0.29, 0.717) is 25.0 Å². The minimum atomic E-state index is -1.36. The van der Waals surface area contributed by atoms with Gasteiger partial charge in [-0.05, 0) is 51.9 Å². The Kier molecular flexibility index (Phi) is 11.9. The van der Waals surface area contributed by atoms with E-state index in [1.807, 2.05) is 26.8 Å². The predicted molar refractivity (Wildman–Crippen MR) is 146 cm³/mol. The number of ketones is 1. The highest BCUT2D eigenvalue weighted by Gasteiger charge is 2.43. The van der Waals surface area contributed by atoms with E-state index in [9.17, 15) is 19.8 Å². The van der Waals surface area contributed by atoms with Crippen molar-refractivity contribution >= 4 is 29.2 Å². The first kappa shape index (κ1) is 31.1. The number of aliphatic hydroxyl groups is 2. The molecule has 8 heteroatoms. The fourth-order valence-corrected chi connectivity index (χ4v) is 5.16. The number of halogens is 1. The highest BCUT2D eigenvalue weighted by molar-refractivity contribution is 7.09. The second kappa shape index (κ2) is 14.1. The Labute approximate surface area is 224 Å². The summed E-state index contributed by atoms with van der Waals surface area (Å²) in [7, 11) is 0. The van der Waals surface area contributed by atoms with Crippen molar-refractivity contribution in [3.8, 4) is 0 Å². The van der Waals surface area contributed by atoms with Gasteiger partial charge in [0.25, 0.3) is 0 Å². The molecule has 1 aliphatic heterocycles. The fraction of sp³-hybridized carbons (Fsp3) is 0.621. The third-order valence-electron chi connectivity index (χ3n) is 7.26. The molecule has 0 saturated carbocycles. The summed E-state index contributed by atoms with van der Waals surface area (Å²) in [5.41, 5.74) is 0.155. The van der Waals surface area contributed by atoms with E-state index in [-0.39, 0.29) is 18.1 Å². The van der Waals surface area contributed by atoms with E-state index < -0.39 is 47.9 Å². The summed E-state index contributed by atoms with van der Waals surface area (Å²) in [6.45, 7) is 12.6. The van der Waals surface area contributed by atoms with Crippen LogP contribution in [0.3, 0.4) is 0 Å². The predicted octanol–water partition coefficient (Wildman–Crippen LogP) is 6.12. The van der Waals surface area contributed by atoms with Gasteiger partial charge in [-0.2, -0.15) is 0 Å². The van der Waals surface area contributed by atoms with Crippen molar-refractivity contribution in [2.24, 2.45) is 17.3 Å². The lowest BCUT2D eigenvalue weighted by molar-refractivity contribution is -0.155. The molecule has 1 aliphatic rings. The molecule has 0 bridgehead atoms. The van der Waals surface area contributed by atoms with Gasteiger partial charge in [-0.25, -0.2) is 9.37 Å². The summed E-state index contributed by atoms with van der Waals surface area (Å²) in [6, 6.07) is 0. The fourth-order valence-electron chi connectivity index (χ4n) is 4.59. The molecule has 37 heavy (non-hydrogen) atoms. The number of carbonyl (C=O) groups is 2. The molecule has 6 nitrogen and oxygen atoms in total. The van der Waals surface area contributed by atoms with Crippen LogP contribution in [0.5, 0.6) is 0 Å². The molecule has 0 amide bonds. The molecule has 5 atom stereocenters. The van der Waals surface area contributed by atoms with Gasteiger partial charge in [-0.3, -0.25) is 9.59 Å². The molecule has 0 fully saturated rings. The van der Waals surface area contributed by atoms with Crippen LogP contribution in [0.1, 0.15) is 83.3 Å². The molecule has 0 aliphatic carbocycles. The van der Waals surface area contributed by atoms with Gasteiger partial charge >= 0.3 is 5.97 Å². The van der Waals surface area contributed by atoms with Crippen LogP contribution in [0.2, 0.25) is 0 Å². The van der Waals surface area contributed by atoms with Crippen LogP contribution in [0.25, 0.3) is 6.08 Å². The molecule has 206 valence electrons. The third-order valence-corrected chi connectivity index (χ3v) is 8.05. The minimum Gasteiger partial charge on any atom is -0.455 e. The lowest BCUT2D eigenvalue weighted by Crippen LogP contribution is -2.46. The summed E-state index contributed by atoms with van der Waals surface area (Å²) in [5.74, 6) is -2.57. The number of cyclic esters (lactones) is 1. The van der Waals surface area contributed by atoms with Gasteiger partial charge < -0.3 is 14.9 Å². The van der Waals surface area contributed by atoms with Crippen LogP contribution < -0.4 is 0 Å². The molecule has 2 rings (SSSR count). The average molecular weight is 536 g/mol. The van der Waals surface area contributed by atoms with Gasteiger partial charge in [0, 0.05) is 23.8 Å². The Morgan fingerprint density at radius 3 is 2.65 bits per heavy atom. The summed E-state index contributed by atoms with van der Waals surface area (Å²) < 4.78 is 20.7. The molecule has 0 aromatic carbocycles. The Balaban J connectivity index is 2.37. The Hall–Kier alpha value is -2.16. The number of aromatic nitrogens is 1. The second-order valence-electron chi connectivity index (χ2n) is 10.7. The topological polar surface area (TPSA) is 96.7 Å². The van der Waals surface area contributed by atoms with Gasteiger partial charge in [-0.15, -0.1) is 17.9 Å². The first-order chi connectivity index (χ1) is 17.4. The standard InChI is InChI=1S/C29H42FNO5S/c1-7-8-12-22-27(34)19(3)11-9-10-18(2)13-14-24(23(30)15-21-17-37-20(4)31-21)36-26(33)16-25(32)29(5,6)28(22)35/h7,13,15,17,19,22,24-25,27,32,34H,1,8-12,14,16H2,2-6H3/b18-13+,23-15?. The quantitative estimate of drug-likeness (QED) is 0.348. The van der Waals surface area contributed by atoms with Crippen LogP contribution in [-0.2, 0) is 14.3 Å². The molecule has 2 N–H and O–H groups in total. The molecule has 0 radical (unpaired) electrons. The van der Waals surface area contributed by atoms with Crippen molar-refractivity contribution in [1.29, 1.82) is 0 Å². The van der Waals surface area contributed by atoms with Gasteiger partial charge in [0.2, 0.25) is 0 Å². The van der Waals surface area contributed by atoms with Crippen LogP contribution in [-0.4, -0.2) is 45.3 Å². The zero-order chi connectivity index (χ0) is 27.8. The molecule has 5 unspecified atom stereocenters. The van der Waals surface area contributed by atoms with E-state index >= 15 is 4.39 Å². The number of allylic oxidation sites excluding steroid dienone is 2. The maximum absolute atomic E-state index is 15.2. The Morgan fingerprint density at radius 1 is 1.32 bits per heavy atom. The number of rotatable bonds is 5. The highest BCUT2D eigenvalue weighted by Crippen LogP contribution is 2.34. The minimum absolute atomic E-state index is 0.132. The van der Waals surface area contributed by atoms with Crippen LogP contribution in [0.15, 0.2) is 35.5 Å². The van der Waals surface area contributed by atoms with Gasteiger partial charge in [-0.1, -0.05) is 38.5 Å². The maximum Gasteiger partial charge on any atom is 0.309 e. The SMILES string of the molecule is C=CCCC1C(=O)C(C)(C)C(O)CC(=O)OC(C(F)=Cc2csc(C)n2)C/C=C(\C)CCCC(C)C1O. The summed E-state index contributed by atoms with van der Waals surface area (Å²) in [6.07, 6.45) is 4.29. The number of Topliss-reactive ketones (excluding diaryl/α,β-unsaturated/α-hetero) is 1. The molecular weight excluding hydrogens is 493 g/mol. The first-order valence-electron chi connectivity index (χ1n) is 13.0. The van der Waals surface area contributed by atoms with Crippen molar-refractivity contribution in [3.05, 3.63) is 46.2 Å². The smallest absolute Gasteiger partial charge is 0.309 e. The van der Waals surface area contributed by atoms with Crippen LogP contribution >= 0.6 is 11.3 Å². The Morgan fingerprint density at radius 2 is 2.03 bits per heavy atom. The van der Waals surface area contributed by atoms with E-state index in [1.54, 1.807) is 25.3 Å². The van der Waals surface area contributed by atoms with Crippen molar-refractivity contribution in [2.45, 2.75) is 97.9 Å². The number of carbonyl (C=O) groups excluding carboxylic acids is 2. The second-order valence-corrected chi connectivity index (χ2v) is 11.8. The van der Waals surface area contributed by atoms with Crippen molar-refractivity contribution < 1.29 is 28.9 Å². The molecular formula is C29H42FNO5S. The van der Waals surface area contributed by atoms with Gasteiger partial charge in [0.05, 0.1) is 34.7 Å². The summed E-state index contributed by atoms with van der Waals surface area (Å²) >= 11 is 1.40. The molecule has 2 heterocycles. The van der Waals surface area contributed by atoms with E-state index in [2.05, 4.69) is 11.6 Å². The zero-order valence-electron chi connectivity index (χ0n) is 22.7. The normalized spacial score (nSPS) is 30.3. The number of hydrogen-bond donors (Lipinski definition) is 2. The average Bonchev–Trinajstić information content (AvgIpc) is 3.24. The van der Waals surface area contributed by atoms with E-state index in [0.717, 1.165) is 23.4 Å². The molecule has 1 aromatic rings. The highest BCUT2D eigenvalue weighted by atomic mass is 32.1. The lowest BCUT2D eigenvalue weighted by atomic mass is 9.71. The number of nitrogens with zero attached hydrogens (tertiary/aromatic N) is 1. The zero-order valence-corrected chi connectivity index (χ0v) is 23.5. The largest absolute Gasteiger partial charge is 0.455 e. The number of ether oxygens (including phenoxy) is 1. The number of aryl methyl sites for hydroxylation is 1. The van der Waals surface area contributed by atoms with Crippen molar-refractivity contribution in [1.82, 2.24) is 4.98 Å². The number of thiazole rings is 1. The van der Waals surface area contributed by atoms with E-state index in [4.69, 9.17) is 4.74 Å². The number of esters is 1. The van der Waals surface area contributed by atoms with Crippen molar-refractivity contribution in [2.75, 3.05) is 0 Å². The summed E-state index contributed by atoms with van der Waals surface area (Å²) in [4.78, 5) is 30.6. The molecule has 1 aromatic heterocycles. The van der Waals surface area contributed by atoms with Crippen LogP contribution in [0, 0.1) is 24.2 Å². The monoisotopic (exact) mass is 535 g/mol. The summed E-state index contributed by atoms with van der Waals surface area (Å²) in [5, 5.41) is 24.6. The van der Waals surface area contributed by atoms with Gasteiger partial charge in [0.15, 0.2) is 6.10 Å². The molecule has 0 spiro atoms.